The van der Waals surface area contributed by atoms with E-state index in [0.717, 1.165) is 16.2 Å². The Kier molecular flexibility index (Phi) is 7.38. The quantitative estimate of drug-likeness (QED) is 0.177. The summed E-state index contributed by atoms with van der Waals surface area (Å²) >= 11 is 7.30. The van der Waals surface area contributed by atoms with Gasteiger partial charge in [-0.2, -0.15) is 9.94 Å². The molecule has 0 fully saturated rings. The van der Waals surface area contributed by atoms with E-state index in [4.69, 9.17) is 16.3 Å². The number of halogens is 1. The lowest BCUT2D eigenvalue weighted by molar-refractivity contribution is -0.138. The first-order chi connectivity index (χ1) is 14.6. The van der Waals surface area contributed by atoms with Crippen molar-refractivity contribution in [3.05, 3.63) is 82.9 Å². The number of aromatic nitrogens is 4. The van der Waals surface area contributed by atoms with Crippen molar-refractivity contribution in [1.29, 1.82) is 5.26 Å². The second kappa shape index (κ2) is 10.4. The molecule has 150 valence electrons. The molecular weight excluding hydrogens is 422 g/mol. The number of benzene rings is 2. The third-order valence-corrected chi connectivity index (χ3v) is 5.07. The highest BCUT2D eigenvalue weighted by Crippen LogP contribution is 2.34. The number of rotatable bonds is 7. The minimum absolute atomic E-state index is 0.105. The molecule has 0 bridgehead atoms. The Hall–Kier alpha value is -3.41. The number of carbonyl (C=O) groups excluding carboxylic acids is 1. The summed E-state index contributed by atoms with van der Waals surface area (Å²) in [6.45, 7) is 1.87. The number of nitrogens with zero attached hydrogens (tertiary/aromatic N) is 5. The fourth-order valence-corrected chi connectivity index (χ4v) is 3.41. The number of hydrogen-bond donors (Lipinski definition) is 0. The number of thioether (sulfide) groups is 1. The van der Waals surface area contributed by atoms with Crippen LogP contribution in [0.25, 0.3) is 10.6 Å². The minimum Gasteiger partial charge on any atom is -0.462 e. The first-order valence-electron chi connectivity index (χ1n) is 8.89. The van der Waals surface area contributed by atoms with E-state index in [1.165, 1.54) is 17.8 Å². The molecule has 9 heteroatoms. The Bertz CT molecular complexity index is 1120. The number of hydrogen-bond acceptors (Lipinski definition) is 7. The maximum Gasteiger partial charge on any atom is 0.348 e. The Morgan fingerprint density at radius 2 is 1.93 bits per heavy atom. The standard InChI is InChI=1S/C21H16ClN5O2S/c1-2-29-20(28)16(14-23)10-13-19(15-8-11-17(22)12-9-15)30-21-24-25-26-27(21)18-6-4-3-5-7-18/h3-13H,2H2,1H3/b16-10+,19-13-. The van der Waals surface area contributed by atoms with Gasteiger partial charge >= 0.3 is 5.97 Å². The van der Waals surface area contributed by atoms with E-state index in [-0.39, 0.29) is 12.2 Å². The molecule has 7 nitrogen and oxygen atoms in total. The smallest absolute Gasteiger partial charge is 0.348 e. The topological polar surface area (TPSA) is 93.7 Å². The largest absolute Gasteiger partial charge is 0.462 e. The van der Waals surface area contributed by atoms with Crippen LogP contribution in [0.1, 0.15) is 12.5 Å². The van der Waals surface area contributed by atoms with Crippen molar-refractivity contribution in [1.82, 2.24) is 20.2 Å². The van der Waals surface area contributed by atoms with Crippen molar-refractivity contribution in [2.75, 3.05) is 6.61 Å². The summed E-state index contributed by atoms with van der Waals surface area (Å²) in [5.74, 6) is -0.675. The highest BCUT2D eigenvalue weighted by Gasteiger charge is 2.14. The summed E-state index contributed by atoms with van der Waals surface area (Å²) in [6.07, 6.45) is 3.08. The third kappa shape index (κ3) is 5.35. The van der Waals surface area contributed by atoms with Crippen LogP contribution in [0.2, 0.25) is 5.02 Å². The van der Waals surface area contributed by atoms with Crippen LogP contribution in [0.5, 0.6) is 0 Å². The van der Waals surface area contributed by atoms with Crippen LogP contribution in [0.15, 0.2) is 77.5 Å². The van der Waals surface area contributed by atoms with E-state index >= 15 is 0 Å². The van der Waals surface area contributed by atoms with E-state index < -0.39 is 5.97 Å². The van der Waals surface area contributed by atoms with Gasteiger partial charge in [0.15, 0.2) is 0 Å². The molecule has 2 aromatic carbocycles. The lowest BCUT2D eigenvalue weighted by Crippen LogP contribution is -2.05. The lowest BCUT2D eigenvalue weighted by Gasteiger charge is -2.08. The summed E-state index contributed by atoms with van der Waals surface area (Å²) in [5.41, 5.74) is 1.52. The Morgan fingerprint density at radius 3 is 2.60 bits per heavy atom. The van der Waals surface area contributed by atoms with Gasteiger partial charge in [-0.05, 0) is 71.1 Å². The first kappa shape index (κ1) is 21.3. The van der Waals surface area contributed by atoms with Crippen LogP contribution >= 0.6 is 23.4 Å². The number of ether oxygens (including phenoxy) is 1. The van der Waals surface area contributed by atoms with Gasteiger partial charge in [0.2, 0.25) is 5.16 Å². The van der Waals surface area contributed by atoms with Gasteiger partial charge in [-0.1, -0.05) is 41.9 Å². The Balaban J connectivity index is 2.00. The molecule has 1 heterocycles. The number of para-hydroxylation sites is 1. The van der Waals surface area contributed by atoms with E-state index in [2.05, 4.69) is 15.5 Å². The first-order valence-corrected chi connectivity index (χ1v) is 10.1. The average molecular weight is 438 g/mol. The maximum absolute atomic E-state index is 11.9. The van der Waals surface area contributed by atoms with Crippen molar-refractivity contribution in [2.45, 2.75) is 12.1 Å². The molecule has 0 atom stereocenters. The van der Waals surface area contributed by atoms with Gasteiger partial charge in [0.05, 0.1) is 12.3 Å². The summed E-state index contributed by atoms with van der Waals surface area (Å²) < 4.78 is 6.52. The van der Waals surface area contributed by atoms with Crippen LogP contribution in [-0.2, 0) is 9.53 Å². The number of carbonyl (C=O) groups is 1. The van der Waals surface area contributed by atoms with Crippen LogP contribution in [0.4, 0.5) is 0 Å². The second-order valence-corrected chi connectivity index (χ2v) is 7.21. The monoisotopic (exact) mass is 437 g/mol. The van der Waals surface area contributed by atoms with Crippen molar-refractivity contribution in [3.8, 4) is 11.8 Å². The van der Waals surface area contributed by atoms with Crippen LogP contribution in [-0.4, -0.2) is 32.8 Å². The van der Waals surface area contributed by atoms with Crippen molar-refractivity contribution in [2.24, 2.45) is 0 Å². The molecule has 0 aliphatic rings. The maximum atomic E-state index is 11.9. The van der Waals surface area contributed by atoms with Crippen molar-refractivity contribution >= 4 is 34.2 Å². The Morgan fingerprint density at radius 1 is 1.20 bits per heavy atom. The van der Waals surface area contributed by atoms with Crippen LogP contribution < -0.4 is 0 Å². The lowest BCUT2D eigenvalue weighted by atomic mass is 10.2. The zero-order chi connectivity index (χ0) is 21.3. The van der Waals surface area contributed by atoms with Crippen molar-refractivity contribution in [3.63, 3.8) is 0 Å². The van der Waals surface area contributed by atoms with E-state index in [9.17, 15) is 10.1 Å². The third-order valence-electron chi connectivity index (χ3n) is 3.79. The Labute approximate surface area is 182 Å². The molecule has 30 heavy (non-hydrogen) atoms. The van der Waals surface area contributed by atoms with Crippen LogP contribution in [0, 0.1) is 11.3 Å². The molecule has 0 saturated heterocycles. The highest BCUT2D eigenvalue weighted by molar-refractivity contribution is 8.08. The molecule has 0 radical (unpaired) electrons. The zero-order valence-electron chi connectivity index (χ0n) is 15.9. The van der Waals surface area contributed by atoms with Crippen LogP contribution in [0.3, 0.4) is 0 Å². The molecule has 0 amide bonds. The number of esters is 1. The van der Waals surface area contributed by atoms with Gasteiger partial charge in [-0.3, -0.25) is 0 Å². The fraction of sp³-hybridized carbons (Fsp3) is 0.0952. The molecule has 0 unspecified atom stereocenters. The number of tetrazole rings is 1. The summed E-state index contributed by atoms with van der Waals surface area (Å²) in [6, 6.07) is 18.5. The fourth-order valence-electron chi connectivity index (χ4n) is 2.39. The molecule has 0 aliphatic carbocycles. The molecular formula is C21H16ClN5O2S. The predicted octanol–water partition coefficient (Wildman–Crippen LogP) is 4.46. The minimum atomic E-state index is -0.675. The number of allylic oxidation sites excluding steroid dienone is 2. The molecule has 1 aromatic heterocycles. The zero-order valence-corrected chi connectivity index (χ0v) is 17.5. The summed E-state index contributed by atoms with van der Waals surface area (Å²) in [5, 5.41) is 22.3. The molecule has 0 aliphatic heterocycles. The summed E-state index contributed by atoms with van der Waals surface area (Å²) in [4.78, 5) is 12.6. The van der Waals surface area contributed by atoms with Gasteiger partial charge in [0, 0.05) is 9.93 Å². The van der Waals surface area contributed by atoms with Gasteiger partial charge < -0.3 is 4.74 Å². The van der Waals surface area contributed by atoms with Gasteiger partial charge in [0.25, 0.3) is 0 Å². The molecule has 0 spiro atoms. The molecule has 3 rings (SSSR count). The van der Waals surface area contributed by atoms with Gasteiger partial charge in [0.1, 0.15) is 11.6 Å². The van der Waals surface area contributed by atoms with E-state index in [1.807, 2.05) is 48.5 Å². The number of nitriles is 1. The van der Waals surface area contributed by atoms with Gasteiger partial charge in [-0.15, -0.1) is 5.10 Å². The summed E-state index contributed by atoms with van der Waals surface area (Å²) in [7, 11) is 0. The molecule has 3 aromatic rings. The highest BCUT2D eigenvalue weighted by atomic mass is 35.5. The van der Waals surface area contributed by atoms with E-state index in [1.54, 1.807) is 29.8 Å². The van der Waals surface area contributed by atoms with Gasteiger partial charge in [-0.25, -0.2) is 4.79 Å². The van der Waals surface area contributed by atoms with E-state index in [0.29, 0.717) is 10.2 Å². The molecule has 0 N–H and O–H groups in total. The SMILES string of the molecule is CCOC(=O)/C(C#N)=C/C=C(\Sc1nnnn1-c1ccccc1)c1ccc(Cl)cc1. The second-order valence-electron chi connectivity index (χ2n) is 5.76. The molecule has 0 saturated carbocycles. The van der Waals surface area contributed by atoms with Crippen molar-refractivity contribution < 1.29 is 9.53 Å². The average Bonchev–Trinajstić information content (AvgIpc) is 3.23. The normalized spacial score (nSPS) is 11.8. The predicted molar refractivity (Wildman–Crippen MR) is 115 cm³/mol.